The zero-order valence-electron chi connectivity index (χ0n) is 11.6. The van der Waals surface area contributed by atoms with Gasteiger partial charge in [-0.2, -0.15) is 0 Å². The summed E-state index contributed by atoms with van der Waals surface area (Å²) in [7, 11) is 0. The fourth-order valence-corrected chi connectivity index (χ4v) is 1.98. The SMILES string of the molecule is CC(C)c1cc(F)ccc1Nc1ccc(O)nc1C(=O)O. The molecule has 1 aromatic carbocycles. The summed E-state index contributed by atoms with van der Waals surface area (Å²) in [6.07, 6.45) is 0. The molecular formula is C15H15FN2O3. The van der Waals surface area contributed by atoms with Crippen molar-refractivity contribution in [1.29, 1.82) is 0 Å². The first kappa shape index (κ1) is 14.8. The fourth-order valence-electron chi connectivity index (χ4n) is 1.98. The first-order chi connectivity index (χ1) is 9.88. The molecule has 3 N–H and O–H groups in total. The smallest absolute Gasteiger partial charge is 0.356 e. The summed E-state index contributed by atoms with van der Waals surface area (Å²) in [4.78, 5) is 14.7. The van der Waals surface area contributed by atoms with E-state index in [0.717, 1.165) is 5.56 Å². The Morgan fingerprint density at radius 1 is 1.24 bits per heavy atom. The van der Waals surface area contributed by atoms with Gasteiger partial charge in [0.25, 0.3) is 0 Å². The number of halogens is 1. The van der Waals surface area contributed by atoms with Crippen LogP contribution in [0.5, 0.6) is 5.88 Å². The third-order valence-electron chi connectivity index (χ3n) is 2.99. The van der Waals surface area contributed by atoms with Crippen LogP contribution >= 0.6 is 0 Å². The Morgan fingerprint density at radius 2 is 1.90 bits per heavy atom. The second-order valence-electron chi connectivity index (χ2n) is 4.88. The van der Waals surface area contributed by atoms with E-state index in [4.69, 9.17) is 5.11 Å². The summed E-state index contributed by atoms with van der Waals surface area (Å²) in [5.41, 5.74) is 1.25. The number of aromatic carboxylic acids is 1. The van der Waals surface area contributed by atoms with Gasteiger partial charge in [0.1, 0.15) is 5.82 Å². The quantitative estimate of drug-likeness (QED) is 0.803. The number of anilines is 2. The van der Waals surface area contributed by atoms with Crippen molar-refractivity contribution in [2.75, 3.05) is 5.32 Å². The van der Waals surface area contributed by atoms with Gasteiger partial charge in [0, 0.05) is 11.8 Å². The molecule has 0 aliphatic heterocycles. The number of benzene rings is 1. The molecule has 1 heterocycles. The molecule has 0 aliphatic rings. The Balaban J connectivity index is 2.46. The lowest BCUT2D eigenvalue weighted by molar-refractivity contribution is 0.0690. The average molecular weight is 290 g/mol. The van der Waals surface area contributed by atoms with E-state index < -0.39 is 5.97 Å². The molecule has 6 heteroatoms. The molecule has 2 rings (SSSR count). The number of hydrogen-bond donors (Lipinski definition) is 3. The highest BCUT2D eigenvalue weighted by atomic mass is 19.1. The number of carboxylic acid groups (broad SMARTS) is 1. The summed E-state index contributed by atoms with van der Waals surface area (Å²) >= 11 is 0. The van der Waals surface area contributed by atoms with Gasteiger partial charge in [0.15, 0.2) is 5.69 Å². The number of carboxylic acids is 1. The number of nitrogens with zero attached hydrogens (tertiary/aromatic N) is 1. The largest absolute Gasteiger partial charge is 0.493 e. The first-order valence-electron chi connectivity index (χ1n) is 6.38. The monoisotopic (exact) mass is 290 g/mol. The lowest BCUT2D eigenvalue weighted by Gasteiger charge is -2.16. The summed E-state index contributed by atoms with van der Waals surface area (Å²) in [6.45, 7) is 3.82. The number of nitrogens with one attached hydrogen (secondary N) is 1. The molecular weight excluding hydrogens is 275 g/mol. The Kier molecular flexibility index (Phi) is 4.07. The summed E-state index contributed by atoms with van der Waals surface area (Å²) in [5, 5.41) is 21.3. The van der Waals surface area contributed by atoms with Crippen LogP contribution in [0.2, 0.25) is 0 Å². The Morgan fingerprint density at radius 3 is 2.52 bits per heavy atom. The van der Waals surface area contributed by atoms with E-state index >= 15 is 0 Å². The maximum Gasteiger partial charge on any atom is 0.356 e. The maximum absolute atomic E-state index is 13.3. The number of aromatic hydroxyl groups is 1. The van der Waals surface area contributed by atoms with Gasteiger partial charge in [-0.1, -0.05) is 13.8 Å². The van der Waals surface area contributed by atoms with Crippen LogP contribution in [0.3, 0.4) is 0 Å². The molecule has 21 heavy (non-hydrogen) atoms. The van der Waals surface area contributed by atoms with Crippen LogP contribution in [0.4, 0.5) is 15.8 Å². The summed E-state index contributed by atoms with van der Waals surface area (Å²) in [6, 6.07) is 6.94. The Hall–Kier alpha value is -2.63. The third kappa shape index (κ3) is 3.28. The molecule has 0 bridgehead atoms. The van der Waals surface area contributed by atoms with Crippen molar-refractivity contribution in [1.82, 2.24) is 4.98 Å². The van der Waals surface area contributed by atoms with Crippen molar-refractivity contribution < 1.29 is 19.4 Å². The second kappa shape index (κ2) is 5.78. The number of rotatable bonds is 4. The molecule has 0 spiro atoms. The molecule has 0 unspecified atom stereocenters. The maximum atomic E-state index is 13.3. The summed E-state index contributed by atoms with van der Waals surface area (Å²) < 4.78 is 13.3. The van der Waals surface area contributed by atoms with Crippen LogP contribution in [0.1, 0.15) is 35.8 Å². The molecule has 0 atom stereocenters. The van der Waals surface area contributed by atoms with E-state index in [2.05, 4.69) is 10.3 Å². The molecule has 0 radical (unpaired) electrons. The van der Waals surface area contributed by atoms with E-state index in [9.17, 15) is 14.3 Å². The van der Waals surface area contributed by atoms with Crippen LogP contribution in [-0.2, 0) is 0 Å². The minimum Gasteiger partial charge on any atom is -0.493 e. The van der Waals surface area contributed by atoms with Gasteiger partial charge in [-0.15, -0.1) is 0 Å². The molecule has 0 aliphatic carbocycles. The Labute approximate surface area is 121 Å². The standard InChI is InChI=1S/C15H15FN2O3/c1-8(2)10-7-9(16)3-4-11(10)17-12-5-6-13(19)18-14(12)15(20)21/h3-8,17H,1-2H3,(H,18,19)(H,20,21). The molecule has 1 aromatic heterocycles. The van der Waals surface area contributed by atoms with Crippen molar-refractivity contribution in [3.8, 4) is 5.88 Å². The predicted octanol–water partition coefficient (Wildman–Crippen LogP) is 3.49. The molecule has 0 saturated heterocycles. The normalized spacial score (nSPS) is 10.7. The number of hydrogen-bond acceptors (Lipinski definition) is 4. The van der Waals surface area contributed by atoms with Crippen molar-refractivity contribution in [3.05, 3.63) is 47.4 Å². The topological polar surface area (TPSA) is 82.5 Å². The van der Waals surface area contributed by atoms with Gasteiger partial charge in [-0.25, -0.2) is 14.2 Å². The highest BCUT2D eigenvalue weighted by Gasteiger charge is 2.15. The molecule has 110 valence electrons. The lowest BCUT2D eigenvalue weighted by atomic mass is 10.0. The van der Waals surface area contributed by atoms with Gasteiger partial charge in [-0.3, -0.25) is 0 Å². The molecule has 0 saturated carbocycles. The Bertz CT molecular complexity index is 687. The van der Waals surface area contributed by atoms with Gasteiger partial charge in [0.05, 0.1) is 5.69 Å². The molecule has 0 fully saturated rings. The van der Waals surface area contributed by atoms with Crippen molar-refractivity contribution in [2.45, 2.75) is 19.8 Å². The molecule has 5 nitrogen and oxygen atoms in total. The highest BCUT2D eigenvalue weighted by molar-refractivity contribution is 5.93. The van der Waals surface area contributed by atoms with Crippen molar-refractivity contribution in [2.24, 2.45) is 0 Å². The summed E-state index contributed by atoms with van der Waals surface area (Å²) in [5.74, 6) is -1.93. The van der Waals surface area contributed by atoms with E-state index in [-0.39, 0.29) is 29.0 Å². The highest BCUT2D eigenvalue weighted by Crippen LogP contribution is 2.29. The number of pyridine rings is 1. The zero-order chi connectivity index (χ0) is 15.6. The van der Waals surface area contributed by atoms with Crippen LogP contribution in [-0.4, -0.2) is 21.2 Å². The van der Waals surface area contributed by atoms with Gasteiger partial charge in [-0.05, 0) is 35.7 Å². The van der Waals surface area contributed by atoms with Gasteiger partial charge < -0.3 is 15.5 Å². The van der Waals surface area contributed by atoms with E-state index in [1.807, 2.05) is 13.8 Å². The minimum atomic E-state index is -1.26. The lowest BCUT2D eigenvalue weighted by Crippen LogP contribution is -2.07. The first-order valence-corrected chi connectivity index (χ1v) is 6.38. The van der Waals surface area contributed by atoms with Gasteiger partial charge in [0.2, 0.25) is 5.88 Å². The minimum absolute atomic E-state index is 0.0570. The number of aromatic nitrogens is 1. The zero-order valence-corrected chi connectivity index (χ0v) is 11.6. The molecule has 0 amide bonds. The van der Waals surface area contributed by atoms with Crippen LogP contribution < -0.4 is 5.32 Å². The van der Waals surface area contributed by atoms with Crippen LogP contribution in [0.25, 0.3) is 0 Å². The average Bonchev–Trinajstić information content (AvgIpc) is 2.42. The van der Waals surface area contributed by atoms with Crippen LogP contribution in [0.15, 0.2) is 30.3 Å². The number of carbonyl (C=O) groups is 1. The van der Waals surface area contributed by atoms with Crippen molar-refractivity contribution >= 4 is 17.3 Å². The van der Waals surface area contributed by atoms with E-state index in [1.54, 1.807) is 6.07 Å². The third-order valence-corrected chi connectivity index (χ3v) is 2.99. The molecule has 2 aromatic rings. The van der Waals surface area contributed by atoms with E-state index in [0.29, 0.717) is 5.69 Å². The van der Waals surface area contributed by atoms with E-state index in [1.165, 1.54) is 24.3 Å². The van der Waals surface area contributed by atoms with Crippen LogP contribution in [0, 0.1) is 5.82 Å². The van der Waals surface area contributed by atoms with Crippen molar-refractivity contribution in [3.63, 3.8) is 0 Å². The predicted molar refractivity (Wildman–Crippen MR) is 76.6 cm³/mol. The second-order valence-corrected chi connectivity index (χ2v) is 4.88. The van der Waals surface area contributed by atoms with Gasteiger partial charge >= 0.3 is 5.97 Å². The fraction of sp³-hybridized carbons (Fsp3) is 0.200.